The summed E-state index contributed by atoms with van der Waals surface area (Å²) in [5.74, 6) is 0.0766. The number of hydrogen-bond acceptors (Lipinski definition) is 4. The third kappa shape index (κ3) is 3.52. The maximum atomic E-state index is 10.7. The van der Waals surface area contributed by atoms with Crippen LogP contribution in [0.3, 0.4) is 0 Å². The van der Waals surface area contributed by atoms with Crippen molar-refractivity contribution in [1.29, 1.82) is 0 Å². The first-order valence-electron chi connectivity index (χ1n) is 4.31. The van der Waals surface area contributed by atoms with Crippen molar-refractivity contribution < 1.29 is 14.3 Å². The van der Waals surface area contributed by atoms with Crippen molar-refractivity contribution in [3.8, 4) is 0 Å². The van der Waals surface area contributed by atoms with Gasteiger partial charge in [-0.25, -0.2) is 0 Å². The second-order valence-electron chi connectivity index (χ2n) is 3.05. The van der Waals surface area contributed by atoms with Crippen LogP contribution in [0.25, 0.3) is 0 Å². The van der Waals surface area contributed by atoms with Crippen molar-refractivity contribution in [3.63, 3.8) is 0 Å². The van der Waals surface area contributed by atoms with Crippen LogP contribution in [0.5, 0.6) is 0 Å². The summed E-state index contributed by atoms with van der Waals surface area (Å²) < 4.78 is 5.13. The highest BCUT2D eigenvalue weighted by molar-refractivity contribution is 5.77. The van der Waals surface area contributed by atoms with Crippen LogP contribution in [-0.2, 0) is 14.3 Å². The van der Waals surface area contributed by atoms with Gasteiger partial charge in [0.1, 0.15) is 19.1 Å². The number of carbonyl (C=O) groups is 2. The minimum Gasteiger partial charge on any atom is -0.350 e. The van der Waals surface area contributed by atoms with Crippen molar-refractivity contribution >= 4 is 12.2 Å². The molecule has 0 aromatic heterocycles. The van der Waals surface area contributed by atoms with E-state index in [-0.39, 0.29) is 25.3 Å². The van der Waals surface area contributed by atoms with Gasteiger partial charge in [0, 0.05) is 0 Å². The summed E-state index contributed by atoms with van der Waals surface area (Å²) in [6.45, 7) is 0.00842. The van der Waals surface area contributed by atoms with Gasteiger partial charge in [-0.15, -0.1) is 0 Å². The van der Waals surface area contributed by atoms with Crippen LogP contribution in [0, 0.1) is 5.92 Å². The topological polar surface area (TPSA) is 81.4 Å². The quantitative estimate of drug-likeness (QED) is 0.412. The third-order valence-corrected chi connectivity index (χ3v) is 1.95. The molecule has 1 rings (SSSR count). The second kappa shape index (κ2) is 4.94. The van der Waals surface area contributed by atoms with Crippen molar-refractivity contribution in [2.24, 2.45) is 11.7 Å². The Morgan fingerprint density at radius 1 is 1.69 bits per heavy atom. The Balaban J connectivity index is 2.09. The Morgan fingerprint density at radius 3 is 2.85 bits per heavy atom. The lowest BCUT2D eigenvalue weighted by atomic mass is 10.3. The summed E-state index contributed by atoms with van der Waals surface area (Å²) in [7, 11) is 0. The van der Waals surface area contributed by atoms with Crippen molar-refractivity contribution in [1.82, 2.24) is 5.32 Å². The first-order valence-corrected chi connectivity index (χ1v) is 4.31. The first kappa shape index (κ1) is 10.1. The van der Waals surface area contributed by atoms with E-state index in [1.165, 1.54) is 0 Å². The van der Waals surface area contributed by atoms with Crippen LogP contribution >= 0.6 is 0 Å². The van der Waals surface area contributed by atoms with E-state index in [0.29, 0.717) is 5.92 Å². The van der Waals surface area contributed by atoms with Crippen LogP contribution in [0.4, 0.5) is 0 Å². The molecule has 0 radical (unpaired) electrons. The van der Waals surface area contributed by atoms with Crippen LogP contribution in [0.1, 0.15) is 12.8 Å². The van der Waals surface area contributed by atoms with Gasteiger partial charge in [0.25, 0.3) is 0 Å². The smallest absolute Gasteiger partial charge is 0.235 e. The molecule has 13 heavy (non-hydrogen) atoms. The molecule has 1 saturated carbocycles. The summed E-state index contributed by atoms with van der Waals surface area (Å²) in [6.07, 6.45) is 2.49. The molecule has 0 bridgehead atoms. The molecule has 5 heteroatoms. The van der Waals surface area contributed by atoms with Gasteiger partial charge in [-0.05, 0) is 18.8 Å². The van der Waals surface area contributed by atoms with Crippen molar-refractivity contribution in [2.75, 3.05) is 13.3 Å². The fraction of sp³-hybridized carbons (Fsp3) is 0.750. The molecular weight excluding hydrogens is 172 g/mol. The van der Waals surface area contributed by atoms with Crippen LogP contribution < -0.4 is 11.1 Å². The van der Waals surface area contributed by atoms with E-state index in [0.717, 1.165) is 19.1 Å². The Bertz CT molecular complexity index is 192. The standard InChI is InChI=1S/C8H14N2O3/c9-3-8(12)10-5-13-7(4-11)6-1-2-6/h4,6-7H,1-3,5,9H2,(H,10,12)/t7-/m1/s1. The molecule has 1 amide bonds. The monoisotopic (exact) mass is 186 g/mol. The number of amides is 1. The number of rotatable bonds is 6. The van der Waals surface area contributed by atoms with Crippen LogP contribution in [-0.4, -0.2) is 31.6 Å². The third-order valence-electron chi connectivity index (χ3n) is 1.95. The Morgan fingerprint density at radius 2 is 2.38 bits per heavy atom. The number of hydrogen-bond donors (Lipinski definition) is 2. The van der Waals surface area contributed by atoms with E-state index in [9.17, 15) is 9.59 Å². The molecule has 1 aliphatic carbocycles. The minimum atomic E-state index is -0.363. The predicted octanol–water partition coefficient (Wildman–Crippen LogP) is -0.987. The lowest BCUT2D eigenvalue weighted by Gasteiger charge is -2.10. The molecule has 1 fully saturated rings. The molecule has 0 aromatic carbocycles. The molecule has 0 saturated heterocycles. The van der Waals surface area contributed by atoms with E-state index in [1.807, 2.05) is 0 Å². The summed E-state index contributed by atoms with van der Waals surface area (Å²) in [6, 6.07) is 0. The molecule has 1 atom stereocenters. The molecule has 0 aliphatic heterocycles. The van der Waals surface area contributed by atoms with Gasteiger partial charge in [0.15, 0.2) is 0 Å². The molecule has 74 valence electrons. The van der Waals surface area contributed by atoms with Gasteiger partial charge in [0.2, 0.25) is 5.91 Å². The molecule has 0 spiro atoms. The molecule has 1 aliphatic rings. The Hall–Kier alpha value is -0.940. The fourth-order valence-corrected chi connectivity index (χ4v) is 1.00. The van der Waals surface area contributed by atoms with E-state index >= 15 is 0 Å². The molecule has 0 heterocycles. The largest absolute Gasteiger partial charge is 0.350 e. The lowest BCUT2D eigenvalue weighted by molar-refractivity contribution is -0.126. The average Bonchev–Trinajstić information content (AvgIpc) is 2.95. The minimum absolute atomic E-state index is 0.0570. The maximum absolute atomic E-state index is 10.7. The zero-order chi connectivity index (χ0) is 9.68. The lowest BCUT2D eigenvalue weighted by Crippen LogP contribution is -2.34. The van der Waals surface area contributed by atoms with Gasteiger partial charge < -0.3 is 20.6 Å². The fourth-order valence-electron chi connectivity index (χ4n) is 1.00. The highest BCUT2D eigenvalue weighted by Crippen LogP contribution is 2.33. The molecule has 0 aromatic rings. The van der Waals surface area contributed by atoms with Crippen LogP contribution in [0.2, 0.25) is 0 Å². The van der Waals surface area contributed by atoms with Gasteiger partial charge in [-0.2, -0.15) is 0 Å². The average molecular weight is 186 g/mol. The molecule has 5 nitrogen and oxygen atoms in total. The Labute approximate surface area is 76.6 Å². The second-order valence-corrected chi connectivity index (χ2v) is 3.05. The molecular formula is C8H14N2O3. The predicted molar refractivity (Wildman–Crippen MR) is 45.7 cm³/mol. The van der Waals surface area contributed by atoms with E-state index in [2.05, 4.69) is 5.32 Å². The van der Waals surface area contributed by atoms with E-state index in [4.69, 9.17) is 10.5 Å². The number of nitrogens with one attached hydrogen (secondary N) is 1. The van der Waals surface area contributed by atoms with Crippen LogP contribution in [0.15, 0.2) is 0 Å². The summed E-state index contributed by atoms with van der Waals surface area (Å²) in [5, 5.41) is 2.43. The molecule has 0 unspecified atom stereocenters. The highest BCUT2D eigenvalue weighted by atomic mass is 16.5. The Kier molecular flexibility index (Phi) is 3.85. The van der Waals surface area contributed by atoms with Crippen molar-refractivity contribution in [3.05, 3.63) is 0 Å². The zero-order valence-electron chi connectivity index (χ0n) is 7.36. The summed E-state index contributed by atoms with van der Waals surface area (Å²) in [5.41, 5.74) is 5.06. The maximum Gasteiger partial charge on any atom is 0.235 e. The zero-order valence-corrected chi connectivity index (χ0v) is 7.36. The van der Waals surface area contributed by atoms with Gasteiger partial charge in [-0.3, -0.25) is 4.79 Å². The number of carbonyl (C=O) groups excluding carboxylic acids is 2. The summed E-state index contributed by atoms with van der Waals surface area (Å²) in [4.78, 5) is 21.1. The van der Waals surface area contributed by atoms with E-state index < -0.39 is 0 Å². The van der Waals surface area contributed by atoms with Gasteiger partial charge >= 0.3 is 0 Å². The number of aldehydes is 1. The summed E-state index contributed by atoms with van der Waals surface area (Å²) >= 11 is 0. The number of nitrogens with two attached hydrogens (primary N) is 1. The normalized spacial score (nSPS) is 17.9. The first-order chi connectivity index (χ1) is 6.27. The van der Waals surface area contributed by atoms with Gasteiger partial charge in [0.05, 0.1) is 6.54 Å². The highest BCUT2D eigenvalue weighted by Gasteiger charge is 2.31. The SMILES string of the molecule is NCC(=O)NCO[C@H](C=O)C1CC1. The van der Waals surface area contributed by atoms with Crippen molar-refractivity contribution in [2.45, 2.75) is 18.9 Å². The number of ether oxygens (including phenoxy) is 1. The van der Waals surface area contributed by atoms with E-state index in [1.54, 1.807) is 0 Å². The van der Waals surface area contributed by atoms with Gasteiger partial charge in [-0.1, -0.05) is 0 Å². The molecule has 3 N–H and O–H groups in total.